The number of thioether (sulfide) groups is 1. The Morgan fingerprint density at radius 3 is 3.10 bits per heavy atom. The maximum absolute atomic E-state index is 5.36. The summed E-state index contributed by atoms with van der Waals surface area (Å²) >= 11 is 5.22. The zero-order valence-electron chi connectivity index (χ0n) is 11.6. The van der Waals surface area contributed by atoms with Gasteiger partial charge in [-0.15, -0.1) is 11.8 Å². The van der Waals surface area contributed by atoms with E-state index in [4.69, 9.17) is 9.26 Å². The van der Waals surface area contributed by atoms with Crippen molar-refractivity contribution in [3.63, 3.8) is 0 Å². The van der Waals surface area contributed by atoms with Crippen LogP contribution in [0, 0.1) is 0 Å². The number of methoxy groups -OCH3 is 1. The van der Waals surface area contributed by atoms with Crippen molar-refractivity contribution in [2.45, 2.75) is 29.2 Å². The van der Waals surface area contributed by atoms with Crippen LogP contribution in [0.15, 0.2) is 38.2 Å². The van der Waals surface area contributed by atoms with Crippen LogP contribution in [-0.4, -0.2) is 29.9 Å². The minimum absolute atomic E-state index is 0.102. The Bertz CT molecular complexity index is 607. The largest absolute Gasteiger partial charge is 0.380 e. The number of hydrogen-bond donors (Lipinski definition) is 1. The summed E-state index contributed by atoms with van der Waals surface area (Å²) in [5.41, 5.74) is 0. The lowest BCUT2D eigenvalue weighted by molar-refractivity contribution is 0.116. The number of halogens is 1. The maximum Gasteiger partial charge on any atom is 0.243 e. The average Bonchev–Trinajstić information content (AvgIpc) is 3.15. The molecule has 2 atom stereocenters. The molecule has 2 heterocycles. The van der Waals surface area contributed by atoms with Crippen molar-refractivity contribution < 1.29 is 9.26 Å². The highest BCUT2D eigenvalue weighted by molar-refractivity contribution is 9.10. The van der Waals surface area contributed by atoms with Gasteiger partial charge in [-0.25, -0.2) is 0 Å². The predicted octanol–water partition coefficient (Wildman–Crippen LogP) is 3.17. The highest BCUT2D eigenvalue weighted by atomic mass is 79.9. The zero-order valence-corrected chi connectivity index (χ0v) is 14.0. The fourth-order valence-corrected chi connectivity index (χ4v) is 3.65. The third-order valence-electron chi connectivity index (χ3n) is 3.40. The van der Waals surface area contributed by atoms with Gasteiger partial charge in [0.2, 0.25) is 5.89 Å². The molecule has 1 aromatic carbocycles. The van der Waals surface area contributed by atoms with E-state index in [0.717, 1.165) is 17.4 Å². The number of nitrogens with zero attached hydrogens (tertiary/aromatic N) is 2. The van der Waals surface area contributed by atoms with Gasteiger partial charge in [0.1, 0.15) is 0 Å². The molecular weight excluding hydrogens is 354 g/mol. The van der Waals surface area contributed by atoms with E-state index in [-0.39, 0.29) is 12.1 Å². The Hall–Kier alpha value is -0.890. The molecule has 2 aromatic rings. The molecule has 1 N–H and O–H groups in total. The van der Waals surface area contributed by atoms with Gasteiger partial charge < -0.3 is 14.6 Å². The molecule has 1 aromatic heterocycles. The second kappa shape index (κ2) is 6.91. The number of aromatic nitrogens is 2. The van der Waals surface area contributed by atoms with Crippen molar-refractivity contribution >= 4 is 27.7 Å². The van der Waals surface area contributed by atoms with Gasteiger partial charge in [0, 0.05) is 23.0 Å². The molecule has 0 amide bonds. The zero-order chi connectivity index (χ0) is 14.7. The second-order valence-electron chi connectivity index (χ2n) is 4.82. The lowest BCUT2D eigenvalue weighted by Gasteiger charge is -2.04. The van der Waals surface area contributed by atoms with E-state index in [1.54, 1.807) is 18.9 Å². The van der Waals surface area contributed by atoms with E-state index in [9.17, 15) is 0 Å². The Kier molecular flexibility index (Phi) is 4.95. The topological polar surface area (TPSA) is 60.2 Å². The summed E-state index contributed by atoms with van der Waals surface area (Å²) in [5.74, 6) is 2.05. The highest BCUT2D eigenvalue weighted by Gasteiger charge is 2.29. The first-order valence-electron chi connectivity index (χ1n) is 6.72. The fourth-order valence-electron chi connectivity index (χ4n) is 2.24. The van der Waals surface area contributed by atoms with E-state index in [1.807, 2.05) is 18.2 Å². The Labute approximate surface area is 136 Å². The lowest BCUT2D eigenvalue weighted by Crippen LogP contribution is -2.16. The summed E-state index contributed by atoms with van der Waals surface area (Å²) in [6.45, 7) is 0.824. The molecule has 1 aliphatic heterocycles. The van der Waals surface area contributed by atoms with Gasteiger partial charge in [-0.3, -0.25) is 0 Å². The Balaban J connectivity index is 1.60. The molecule has 21 heavy (non-hydrogen) atoms. The van der Waals surface area contributed by atoms with Crippen molar-refractivity contribution in [1.82, 2.24) is 15.5 Å². The SMILES string of the molecule is COC1CNC(c2nc(CSc3ccccc3Br)no2)C1. The molecule has 3 rings (SSSR count). The van der Waals surface area contributed by atoms with Gasteiger partial charge in [0.15, 0.2) is 5.82 Å². The summed E-state index contributed by atoms with van der Waals surface area (Å²) in [5, 5.41) is 7.39. The third kappa shape index (κ3) is 3.66. The molecule has 1 saturated heterocycles. The predicted molar refractivity (Wildman–Crippen MR) is 84.2 cm³/mol. The summed E-state index contributed by atoms with van der Waals surface area (Å²) in [6.07, 6.45) is 1.09. The van der Waals surface area contributed by atoms with Gasteiger partial charge >= 0.3 is 0 Å². The molecule has 0 bridgehead atoms. The molecular formula is C14H16BrN3O2S. The van der Waals surface area contributed by atoms with Crippen LogP contribution in [0.3, 0.4) is 0 Å². The smallest absolute Gasteiger partial charge is 0.243 e. The lowest BCUT2D eigenvalue weighted by atomic mass is 10.2. The molecule has 112 valence electrons. The van der Waals surface area contributed by atoms with Crippen LogP contribution in [-0.2, 0) is 10.5 Å². The van der Waals surface area contributed by atoms with E-state index in [0.29, 0.717) is 17.5 Å². The number of ether oxygens (including phenoxy) is 1. The van der Waals surface area contributed by atoms with Gasteiger partial charge in [-0.05, 0) is 34.5 Å². The summed E-state index contributed by atoms with van der Waals surface area (Å²) < 4.78 is 11.8. The van der Waals surface area contributed by atoms with Crippen molar-refractivity contribution in [1.29, 1.82) is 0 Å². The minimum Gasteiger partial charge on any atom is -0.380 e. The summed E-state index contributed by atoms with van der Waals surface area (Å²) in [7, 11) is 1.72. The Morgan fingerprint density at radius 2 is 2.33 bits per heavy atom. The van der Waals surface area contributed by atoms with Crippen LogP contribution >= 0.6 is 27.7 Å². The normalized spacial score (nSPS) is 21.8. The maximum atomic E-state index is 5.36. The fraction of sp³-hybridized carbons (Fsp3) is 0.429. The molecule has 7 heteroatoms. The third-order valence-corrected chi connectivity index (χ3v) is 5.42. The standard InChI is InChI=1S/C14H16BrN3O2S/c1-19-9-6-11(16-7-9)14-17-13(18-20-14)8-21-12-5-3-2-4-10(12)15/h2-5,9,11,16H,6-8H2,1H3. The monoisotopic (exact) mass is 369 g/mol. The van der Waals surface area contributed by atoms with Gasteiger partial charge in [-0.2, -0.15) is 4.98 Å². The molecule has 5 nitrogen and oxygen atoms in total. The summed E-state index contributed by atoms with van der Waals surface area (Å²) in [6, 6.07) is 8.21. The molecule has 0 radical (unpaired) electrons. The number of benzene rings is 1. The molecule has 0 aliphatic carbocycles. The van der Waals surface area contributed by atoms with Crippen LogP contribution < -0.4 is 5.32 Å². The molecule has 1 fully saturated rings. The minimum atomic E-state index is 0.102. The van der Waals surface area contributed by atoms with E-state index < -0.39 is 0 Å². The Morgan fingerprint density at radius 1 is 1.48 bits per heavy atom. The second-order valence-corrected chi connectivity index (χ2v) is 6.69. The quantitative estimate of drug-likeness (QED) is 0.816. The molecule has 0 spiro atoms. The van der Waals surface area contributed by atoms with Crippen LogP contribution in [0.1, 0.15) is 24.2 Å². The summed E-state index contributed by atoms with van der Waals surface area (Å²) in [4.78, 5) is 5.64. The van der Waals surface area contributed by atoms with E-state index >= 15 is 0 Å². The van der Waals surface area contributed by atoms with Crippen LogP contribution in [0.4, 0.5) is 0 Å². The molecule has 0 saturated carbocycles. The van der Waals surface area contributed by atoms with Gasteiger partial charge in [-0.1, -0.05) is 17.3 Å². The highest BCUT2D eigenvalue weighted by Crippen LogP contribution is 2.30. The van der Waals surface area contributed by atoms with Crippen LogP contribution in [0.5, 0.6) is 0 Å². The van der Waals surface area contributed by atoms with Crippen molar-refractivity contribution in [2.24, 2.45) is 0 Å². The van der Waals surface area contributed by atoms with Crippen molar-refractivity contribution in [3.8, 4) is 0 Å². The van der Waals surface area contributed by atoms with Crippen LogP contribution in [0.25, 0.3) is 0 Å². The number of hydrogen-bond acceptors (Lipinski definition) is 6. The number of rotatable bonds is 5. The van der Waals surface area contributed by atoms with Crippen molar-refractivity contribution in [2.75, 3.05) is 13.7 Å². The number of nitrogens with one attached hydrogen (secondary N) is 1. The first-order valence-corrected chi connectivity index (χ1v) is 8.50. The molecule has 1 aliphatic rings. The molecule has 2 unspecified atom stereocenters. The van der Waals surface area contributed by atoms with Gasteiger partial charge in [0.25, 0.3) is 0 Å². The average molecular weight is 370 g/mol. The van der Waals surface area contributed by atoms with Gasteiger partial charge in [0.05, 0.1) is 17.9 Å². The van der Waals surface area contributed by atoms with Crippen molar-refractivity contribution in [3.05, 3.63) is 40.5 Å². The van der Waals surface area contributed by atoms with E-state index in [1.165, 1.54) is 4.90 Å². The van der Waals surface area contributed by atoms with E-state index in [2.05, 4.69) is 37.5 Å². The van der Waals surface area contributed by atoms with Crippen LogP contribution in [0.2, 0.25) is 0 Å². The first-order chi connectivity index (χ1) is 10.3. The first kappa shape index (κ1) is 15.0.